The molecular formula is C11H11FN2O4S. The smallest absolute Gasteiger partial charge is 0.244 e. The lowest BCUT2D eigenvalue weighted by Crippen LogP contribution is -2.30. The summed E-state index contributed by atoms with van der Waals surface area (Å²) in [4.78, 5) is -0.462. The molecule has 1 aliphatic heterocycles. The molecule has 1 heterocycles. The summed E-state index contributed by atoms with van der Waals surface area (Å²) in [6.07, 6.45) is -2.37. The summed E-state index contributed by atoms with van der Waals surface area (Å²) >= 11 is 0. The van der Waals surface area contributed by atoms with Gasteiger partial charge in [0.2, 0.25) is 10.0 Å². The highest BCUT2D eigenvalue weighted by Gasteiger charge is 2.38. The van der Waals surface area contributed by atoms with E-state index in [2.05, 4.69) is 0 Å². The summed E-state index contributed by atoms with van der Waals surface area (Å²) in [5, 5.41) is 27.6. The maximum atomic E-state index is 13.4. The van der Waals surface area contributed by atoms with E-state index in [1.807, 2.05) is 0 Å². The number of sulfonamides is 1. The van der Waals surface area contributed by atoms with Gasteiger partial charge in [0, 0.05) is 13.1 Å². The summed E-state index contributed by atoms with van der Waals surface area (Å²) in [5.74, 6) is -0.927. The highest BCUT2D eigenvalue weighted by atomic mass is 32.2. The maximum Gasteiger partial charge on any atom is 0.244 e. The molecule has 1 saturated heterocycles. The molecule has 1 aromatic carbocycles. The fraction of sp³-hybridized carbons (Fsp3) is 0.364. The first-order valence-electron chi connectivity index (χ1n) is 5.43. The van der Waals surface area contributed by atoms with E-state index in [0.29, 0.717) is 0 Å². The van der Waals surface area contributed by atoms with E-state index in [4.69, 9.17) is 5.26 Å². The lowest BCUT2D eigenvalue weighted by Gasteiger charge is -2.16. The molecule has 19 heavy (non-hydrogen) atoms. The predicted octanol–water partition coefficient (Wildman–Crippen LogP) is -0.577. The van der Waals surface area contributed by atoms with E-state index in [1.54, 1.807) is 0 Å². The Bertz CT molecular complexity index is 631. The van der Waals surface area contributed by atoms with Crippen molar-refractivity contribution in [2.45, 2.75) is 17.1 Å². The summed E-state index contributed by atoms with van der Waals surface area (Å²) in [6.45, 7) is -0.574. The Morgan fingerprint density at radius 1 is 1.32 bits per heavy atom. The molecule has 1 fully saturated rings. The number of nitriles is 1. The molecule has 0 spiro atoms. The second-order valence-electron chi connectivity index (χ2n) is 4.18. The zero-order chi connectivity index (χ0) is 14.2. The molecule has 0 saturated carbocycles. The maximum absolute atomic E-state index is 13.4. The Labute approximate surface area is 109 Å². The Morgan fingerprint density at radius 3 is 2.42 bits per heavy atom. The average Bonchev–Trinajstić information content (AvgIpc) is 2.70. The van der Waals surface area contributed by atoms with Gasteiger partial charge in [-0.1, -0.05) is 6.07 Å². The van der Waals surface area contributed by atoms with Gasteiger partial charge in [-0.15, -0.1) is 0 Å². The summed E-state index contributed by atoms with van der Waals surface area (Å²) in [6, 6.07) is 4.81. The van der Waals surface area contributed by atoms with Crippen LogP contribution < -0.4 is 0 Å². The molecule has 2 atom stereocenters. The van der Waals surface area contributed by atoms with E-state index in [9.17, 15) is 23.0 Å². The molecule has 102 valence electrons. The van der Waals surface area contributed by atoms with Crippen molar-refractivity contribution in [1.82, 2.24) is 4.31 Å². The van der Waals surface area contributed by atoms with E-state index in [-0.39, 0.29) is 13.1 Å². The van der Waals surface area contributed by atoms with Gasteiger partial charge in [-0.2, -0.15) is 9.57 Å². The Morgan fingerprint density at radius 2 is 1.89 bits per heavy atom. The van der Waals surface area contributed by atoms with Crippen LogP contribution in [0.15, 0.2) is 23.1 Å². The molecule has 0 aromatic heterocycles. The number of aliphatic hydroxyl groups excluding tert-OH is 2. The summed E-state index contributed by atoms with van der Waals surface area (Å²) in [5.41, 5.74) is -0.571. The van der Waals surface area contributed by atoms with Gasteiger partial charge in [-0.25, -0.2) is 12.8 Å². The van der Waals surface area contributed by atoms with Gasteiger partial charge in [0.05, 0.1) is 12.2 Å². The van der Waals surface area contributed by atoms with Crippen molar-refractivity contribution in [3.05, 3.63) is 29.6 Å². The van der Waals surface area contributed by atoms with Gasteiger partial charge < -0.3 is 10.2 Å². The largest absolute Gasteiger partial charge is 0.389 e. The van der Waals surface area contributed by atoms with Crippen LogP contribution in [0.2, 0.25) is 0 Å². The van der Waals surface area contributed by atoms with Crippen LogP contribution in [0.1, 0.15) is 5.56 Å². The first kappa shape index (κ1) is 13.9. The van der Waals surface area contributed by atoms with E-state index in [1.165, 1.54) is 12.1 Å². The van der Waals surface area contributed by atoms with Crippen molar-refractivity contribution in [2.24, 2.45) is 0 Å². The van der Waals surface area contributed by atoms with Gasteiger partial charge >= 0.3 is 0 Å². The molecule has 0 bridgehead atoms. The monoisotopic (exact) mass is 286 g/mol. The Balaban J connectivity index is 2.47. The zero-order valence-corrected chi connectivity index (χ0v) is 10.5. The minimum absolute atomic E-state index is 0.287. The molecule has 0 aliphatic carbocycles. The van der Waals surface area contributed by atoms with Gasteiger partial charge in [0.25, 0.3) is 0 Å². The molecule has 8 heteroatoms. The third-order valence-electron chi connectivity index (χ3n) is 2.93. The van der Waals surface area contributed by atoms with E-state index < -0.39 is 38.5 Å². The van der Waals surface area contributed by atoms with Crippen LogP contribution in [0.3, 0.4) is 0 Å². The Kier molecular flexibility index (Phi) is 3.56. The average molecular weight is 286 g/mol. The van der Waals surface area contributed by atoms with Crippen LogP contribution >= 0.6 is 0 Å². The second kappa shape index (κ2) is 4.86. The minimum Gasteiger partial charge on any atom is -0.389 e. The molecule has 1 aromatic rings. The number of halogens is 1. The SMILES string of the molecule is N#Cc1c(F)cccc1S(=O)(=O)N1C[C@@H](O)[C@@H](O)C1. The number of rotatable bonds is 2. The molecule has 0 radical (unpaired) electrons. The number of aliphatic hydroxyl groups is 2. The quantitative estimate of drug-likeness (QED) is 0.757. The van der Waals surface area contributed by atoms with E-state index >= 15 is 0 Å². The van der Waals surface area contributed by atoms with Gasteiger partial charge in [-0.05, 0) is 12.1 Å². The third kappa shape index (κ3) is 2.33. The topological polar surface area (TPSA) is 102 Å². The van der Waals surface area contributed by atoms with Crippen LogP contribution in [0.25, 0.3) is 0 Å². The minimum atomic E-state index is -4.12. The summed E-state index contributed by atoms with van der Waals surface area (Å²) in [7, 11) is -4.12. The highest BCUT2D eigenvalue weighted by molar-refractivity contribution is 7.89. The zero-order valence-electron chi connectivity index (χ0n) is 9.69. The number of hydrogen-bond donors (Lipinski definition) is 2. The van der Waals surface area contributed by atoms with Crippen molar-refractivity contribution >= 4 is 10.0 Å². The standard InChI is InChI=1S/C11H11FN2O4S/c12-8-2-1-3-11(7(8)4-13)19(17,18)14-5-9(15)10(16)6-14/h1-3,9-10,15-16H,5-6H2/t9-,10+. The summed E-state index contributed by atoms with van der Waals surface area (Å²) < 4.78 is 38.7. The van der Waals surface area contributed by atoms with E-state index in [0.717, 1.165) is 16.4 Å². The molecule has 0 unspecified atom stereocenters. The second-order valence-corrected chi connectivity index (χ2v) is 6.09. The lowest BCUT2D eigenvalue weighted by atomic mass is 10.2. The molecular weight excluding hydrogens is 275 g/mol. The molecule has 1 aliphatic rings. The number of β-amino-alcohol motifs (C(OH)–C–C–N with tert-alkyl or cyclic N) is 2. The van der Waals surface area contributed by atoms with Crippen LogP contribution in [0.4, 0.5) is 4.39 Å². The first-order valence-corrected chi connectivity index (χ1v) is 6.87. The predicted molar refractivity (Wildman–Crippen MR) is 61.9 cm³/mol. The fourth-order valence-corrected chi connectivity index (χ4v) is 3.53. The number of nitrogens with zero attached hydrogens (tertiary/aromatic N) is 2. The van der Waals surface area contributed by atoms with Crippen LogP contribution in [0.5, 0.6) is 0 Å². The van der Waals surface area contributed by atoms with Crippen molar-refractivity contribution in [3.8, 4) is 6.07 Å². The molecule has 2 rings (SSSR count). The van der Waals surface area contributed by atoms with Crippen LogP contribution in [0, 0.1) is 17.1 Å². The van der Waals surface area contributed by atoms with Crippen LogP contribution in [-0.4, -0.2) is 48.2 Å². The highest BCUT2D eigenvalue weighted by Crippen LogP contribution is 2.25. The molecule has 2 N–H and O–H groups in total. The third-order valence-corrected chi connectivity index (χ3v) is 4.80. The lowest BCUT2D eigenvalue weighted by molar-refractivity contribution is 0.0572. The van der Waals surface area contributed by atoms with Crippen LogP contribution in [-0.2, 0) is 10.0 Å². The van der Waals surface area contributed by atoms with Crippen molar-refractivity contribution < 1.29 is 23.0 Å². The fourth-order valence-electron chi connectivity index (χ4n) is 1.90. The first-order chi connectivity index (χ1) is 8.87. The Hall–Kier alpha value is -1.53. The normalized spacial score (nSPS) is 24.3. The van der Waals surface area contributed by atoms with Crippen molar-refractivity contribution in [1.29, 1.82) is 5.26 Å². The van der Waals surface area contributed by atoms with Crippen molar-refractivity contribution in [3.63, 3.8) is 0 Å². The van der Waals surface area contributed by atoms with Gasteiger partial charge in [0.1, 0.15) is 22.3 Å². The van der Waals surface area contributed by atoms with Crippen molar-refractivity contribution in [2.75, 3.05) is 13.1 Å². The van der Waals surface area contributed by atoms with Gasteiger partial charge in [0.15, 0.2) is 0 Å². The number of benzene rings is 1. The molecule has 0 amide bonds. The van der Waals surface area contributed by atoms with Gasteiger partial charge in [-0.3, -0.25) is 0 Å². The molecule has 6 nitrogen and oxygen atoms in total. The number of hydrogen-bond acceptors (Lipinski definition) is 5.